The van der Waals surface area contributed by atoms with Crippen LogP contribution in [-0.4, -0.2) is 52.2 Å². The van der Waals surface area contributed by atoms with Gasteiger partial charge in [-0.15, -0.1) is 0 Å². The van der Waals surface area contributed by atoms with Gasteiger partial charge in [-0.25, -0.2) is 0 Å². The SMILES string of the molecule is CC(CCN(C(C)C)C(C)C)c1ccc(O)c(C(CCN(C(C)C)C(C)C)c2ccccc2)c1. The fourth-order valence-electron chi connectivity index (χ4n) is 5.36. The first-order valence-corrected chi connectivity index (χ1v) is 13.4. The summed E-state index contributed by atoms with van der Waals surface area (Å²) in [6.45, 7) is 22.6. The van der Waals surface area contributed by atoms with Crippen LogP contribution in [0, 0.1) is 0 Å². The lowest BCUT2D eigenvalue weighted by molar-refractivity contribution is 0.169. The molecule has 1 N–H and O–H groups in total. The largest absolute Gasteiger partial charge is 0.508 e. The van der Waals surface area contributed by atoms with Crippen LogP contribution in [0.1, 0.15) is 104 Å². The van der Waals surface area contributed by atoms with Crippen molar-refractivity contribution in [3.05, 3.63) is 65.2 Å². The average molecular weight is 467 g/mol. The zero-order valence-corrected chi connectivity index (χ0v) is 23.3. The van der Waals surface area contributed by atoms with E-state index in [2.05, 4.69) is 115 Å². The van der Waals surface area contributed by atoms with Crippen LogP contribution in [0.15, 0.2) is 48.5 Å². The predicted octanol–water partition coefficient (Wildman–Crippen LogP) is 7.65. The third-order valence-electron chi connectivity index (χ3n) is 7.35. The van der Waals surface area contributed by atoms with Gasteiger partial charge in [-0.3, -0.25) is 9.80 Å². The van der Waals surface area contributed by atoms with Crippen molar-refractivity contribution in [2.45, 2.75) is 111 Å². The summed E-state index contributed by atoms with van der Waals surface area (Å²) < 4.78 is 0. The Bertz CT molecular complexity index is 828. The van der Waals surface area contributed by atoms with Crippen LogP contribution >= 0.6 is 0 Å². The van der Waals surface area contributed by atoms with E-state index in [1.54, 1.807) is 0 Å². The maximum atomic E-state index is 11.0. The Balaban J connectivity index is 2.31. The van der Waals surface area contributed by atoms with Crippen LogP contribution in [0.25, 0.3) is 0 Å². The molecule has 0 aromatic heterocycles. The van der Waals surface area contributed by atoms with Gasteiger partial charge in [0.25, 0.3) is 0 Å². The Morgan fingerprint density at radius 2 is 1.12 bits per heavy atom. The van der Waals surface area contributed by atoms with Gasteiger partial charge in [0.1, 0.15) is 5.75 Å². The fourth-order valence-corrected chi connectivity index (χ4v) is 5.36. The third kappa shape index (κ3) is 7.85. The Labute approximate surface area is 210 Å². The summed E-state index contributed by atoms with van der Waals surface area (Å²) in [5, 5.41) is 11.0. The van der Waals surface area contributed by atoms with E-state index in [0.717, 1.165) is 31.5 Å². The van der Waals surface area contributed by atoms with E-state index in [0.29, 0.717) is 35.8 Å². The summed E-state index contributed by atoms with van der Waals surface area (Å²) in [4.78, 5) is 5.11. The van der Waals surface area contributed by atoms with E-state index in [9.17, 15) is 5.11 Å². The molecule has 0 amide bonds. The highest BCUT2D eigenvalue weighted by Gasteiger charge is 2.23. The number of nitrogens with zero attached hydrogens (tertiary/aromatic N) is 2. The van der Waals surface area contributed by atoms with Crippen LogP contribution in [0.5, 0.6) is 5.75 Å². The summed E-state index contributed by atoms with van der Waals surface area (Å²) in [6, 6.07) is 19.1. The number of hydrogen-bond donors (Lipinski definition) is 1. The molecule has 3 heteroatoms. The molecule has 34 heavy (non-hydrogen) atoms. The number of benzene rings is 2. The molecule has 0 radical (unpaired) electrons. The Morgan fingerprint density at radius 1 is 0.618 bits per heavy atom. The normalized spacial score (nSPS) is 14.2. The predicted molar refractivity (Wildman–Crippen MR) is 148 cm³/mol. The molecule has 0 saturated heterocycles. The molecular weight excluding hydrogens is 416 g/mol. The van der Waals surface area contributed by atoms with Gasteiger partial charge >= 0.3 is 0 Å². The van der Waals surface area contributed by atoms with Gasteiger partial charge in [0.05, 0.1) is 0 Å². The third-order valence-corrected chi connectivity index (χ3v) is 7.35. The molecule has 0 fully saturated rings. The highest BCUT2D eigenvalue weighted by molar-refractivity contribution is 5.44. The van der Waals surface area contributed by atoms with E-state index in [4.69, 9.17) is 0 Å². The lowest BCUT2D eigenvalue weighted by Gasteiger charge is -2.32. The van der Waals surface area contributed by atoms with Crippen molar-refractivity contribution in [2.75, 3.05) is 13.1 Å². The smallest absolute Gasteiger partial charge is 0.119 e. The van der Waals surface area contributed by atoms with Crippen LogP contribution in [0.3, 0.4) is 0 Å². The molecule has 2 rings (SSSR count). The standard InChI is InChI=1S/C31H50N2O/c1-22(2)32(23(3)4)19-17-26(9)28-15-16-31(34)30(21-28)29(27-13-11-10-12-14-27)18-20-33(24(5)6)25(7)8/h10-16,21-26,29,34H,17-20H2,1-9H3. The molecular formula is C31H50N2O. The molecule has 0 spiro atoms. The van der Waals surface area contributed by atoms with Crippen LogP contribution in [0.4, 0.5) is 0 Å². The van der Waals surface area contributed by atoms with E-state index in [1.807, 2.05) is 6.07 Å². The van der Waals surface area contributed by atoms with E-state index < -0.39 is 0 Å². The average Bonchev–Trinajstić information content (AvgIpc) is 2.77. The first-order valence-electron chi connectivity index (χ1n) is 13.4. The number of phenols is 1. The maximum absolute atomic E-state index is 11.0. The van der Waals surface area contributed by atoms with Crippen molar-refractivity contribution in [1.29, 1.82) is 0 Å². The summed E-state index contributed by atoms with van der Waals surface area (Å²) in [5.74, 6) is 1.03. The minimum atomic E-state index is 0.177. The molecule has 0 bridgehead atoms. The molecule has 0 heterocycles. The van der Waals surface area contributed by atoms with Gasteiger partial charge in [0, 0.05) is 35.6 Å². The molecule has 2 aromatic carbocycles. The highest BCUT2D eigenvalue weighted by atomic mass is 16.3. The van der Waals surface area contributed by atoms with Crippen molar-refractivity contribution < 1.29 is 5.11 Å². The molecule has 3 nitrogen and oxygen atoms in total. The molecule has 190 valence electrons. The van der Waals surface area contributed by atoms with Crippen molar-refractivity contribution in [3.8, 4) is 5.75 Å². The van der Waals surface area contributed by atoms with Crippen molar-refractivity contribution in [2.24, 2.45) is 0 Å². The highest BCUT2D eigenvalue weighted by Crippen LogP contribution is 2.37. The van der Waals surface area contributed by atoms with Crippen molar-refractivity contribution in [3.63, 3.8) is 0 Å². The lowest BCUT2D eigenvalue weighted by Crippen LogP contribution is -2.38. The fraction of sp³-hybridized carbons (Fsp3) is 0.613. The minimum Gasteiger partial charge on any atom is -0.508 e. The number of hydrogen-bond acceptors (Lipinski definition) is 3. The van der Waals surface area contributed by atoms with Crippen LogP contribution < -0.4 is 0 Å². The molecule has 0 aliphatic heterocycles. The van der Waals surface area contributed by atoms with Gasteiger partial charge in [0.2, 0.25) is 0 Å². The zero-order valence-electron chi connectivity index (χ0n) is 23.3. The summed E-state index contributed by atoms with van der Waals surface area (Å²) in [6.07, 6.45) is 2.10. The van der Waals surface area contributed by atoms with E-state index in [1.165, 1.54) is 11.1 Å². The first-order chi connectivity index (χ1) is 16.0. The second-order valence-electron chi connectivity index (χ2n) is 11.1. The molecule has 0 aliphatic rings. The second kappa shape index (κ2) is 13.3. The molecule has 0 saturated carbocycles. The van der Waals surface area contributed by atoms with Crippen LogP contribution in [-0.2, 0) is 0 Å². The Hall–Kier alpha value is -1.84. The maximum Gasteiger partial charge on any atom is 0.119 e. The summed E-state index contributed by atoms with van der Waals surface area (Å²) in [5.41, 5.74) is 3.67. The van der Waals surface area contributed by atoms with Gasteiger partial charge in [0.15, 0.2) is 0 Å². The monoisotopic (exact) mass is 466 g/mol. The topological polar surface area (TPSA) is 26.7 Å². The second-order valence-corrected chi connectivity index (χ2v) is 11.1. The molecule has 2 atom stereocenters. The van der Waals surface area contributed by atoms with E-state index >= 15 is 0 Å². The van der Waals surface area contributed by atoms with Crippen molar-refractivity contribution >= 4 is 0 Å². The van der Waals surface area contributed by atoms with Gasteiger partial charge in [-0.1, -0.05) is 49.4 Å². The lowest BCUT2D eigenvalue weighted by atomic mass is 9.85. The minimum absolute atomic E-state index is 0.177. The quantitative estimate of drug-likeness (QED) is 0.328. The van der Waals surface area contributed by atoms with Crippen molar-refractivity contribution in [1.82, 2.24) is 9.80 Å². The molecule has 0 aliphatic carbocycles. The number of rotatable bonds is 13. The summed E-state index contributed by atoms with van der Waals surface area (Å²) in [7, 11) is 0. The number of aromatic hydroxyl groups is 1. The van der Waals surface area contributed by atoms with Gasteiger partial charge < -0.3 is 5.11 Å². The van der Waals surface area contributed by atoms with Gasteiger partial charge in [-0.2, -0.15) is 0 Å². The Kier molecular flexibility index (Phi) is 11.1. The zero-order chi connectivity index (χ0) is 25.4. The van der Waals surface area contributed by atoms with E-state index in [-0.39, 0.29) is 5.92 Å². The first kappa shape index (κ1) is 28.4. The molecule has 2 unspecified atom stereocenters. The number of phenolic OH excluding ortho intramolecular Hbond substituents is 1. The molecule has 2 aromatic rings. The summed E-state index contributed by atoms with van der Waals surface area (Å²) >= 11 is 0. The van der Waals surface area contributed by atoms with Crippen LogP contribution in [0.2, 0.25) is 0 Å². The van der Waals surface area contributed by atoms with Gasteiger partial charge in [-0.05, 0) is 104 Å². The Morgan fingerprint density at radius 3 is 1.62 bits per heavy atom.